The van der Waals surface area contributed by atoms with Gasteiger partial charge in [-0.15, -0.1) is 0 Å². The van der Waals surface area contributed by atoms with Crippen LogP contribution >= 0.6 is 0 Å². The van der Waals surface area contributed by atoms with Crippen molar-refractivity contribution < 1.29 is 4.79 Å². The molecular weight excluding hydrogens is 306 g/mol. The van der Waals surface area contributed by atoms with Gasteiger partial charge in [-0.3, -0.25) is 4.79 Å². The fourth-order valence-corrected chi connectivity index (χ4v) is 1.51. The Balaban J connectivity index is -0.000000273. The van der Waals surface area contributed by atoms with E-state index in [9.17, 15) is 4.79 Å². The molecule has 0 aliphatic carbocycles. The van der Waals surface area contributed by atoms with Crippen LogP contribution in [0, 0.1) is 26.7 Å². The van der Waals surface area contributed by atoms with Gasteiger partial charge in [0.25, 0.3) is 0 Å². The lowest BCUT2D eigenvalue weighted by atomic mass is 10.1. The molecule has 0 fully saturated rings. The summed E-state index contributed by atoms with van der Waals surface area (Å²) < 4.78 is 0. The molecule has 2 nitrogen and oxygen atoms in total. The maximum Gasteiger partial charge on any atom is 0.143 e. The number of rotatable bonds is 5. The Morgan fingerprint density at radius 3 is 1.52 bits per heavy atom. The number of unbranched alkanes of at least 4 members (excludes halogenated alkanes) is 2. The van der Waals surface area contributed by atoms with Gasteiger partial charge >= 0.3 is 0 Å². The minimum atomic E-state index is 0.0324. The van der Waals surface area contributed by atoms with Gasteiger partial charge in [-0.1, -0.05) is 84.9 Å². The molecule has 2 N–H and O–H groups in total. The molecule has 0 saturated carbocycles. The summed E-state index contributed by atoms with van der Waals surface area (Å²) in [5.74, 6) is 0.935. The summed E-state index contributed by atoms with van der Waals surface area (Å²) in [5, 5.41) is 0. The van der Waals surface area contributed by atoms with Gasteiger partial charge in [-0.25, -0.2) is 0 Å². The molecule has 25 heavy (non-hydrogen) atoms. The van der Waals surface area contributed by atoms with Crippen molar-refractivity contribution in [1.29, 1.82) is 0 Å². The predicted octanol–water partition coefficient (Wildman–Crippen LogP) is 6.78. The lowest BCUT2D eigenvalue weighted by molar-refractivity contribution is -0.115. The van der Waals surface area contributed by atoms with E-state index in [1.807, 2.05) is 0 Å². The molecule has 0 amide bonds. The summed E-state index contributed by atoms with van der Waals surface area (Å²) in [7, 11) is 0. The molecule has 0 radical (unpaired) electrons. The van der Waals surface area contributed by atoms with E-state index in [0.29, 0.717) is 0 Å². The number of Topliss-reactive ketones (excluding diaryl/α,β-unsaturated/α-hetero) is 1. The van der Waals surface area contributed by atoms with E-state index >= 15 is 0 Å². The first-order valence-electron chi connectivity index (χ1n) is 9.89. The number of benzene rings is 1. The van der Waals surface area contributed by atoms with Gasteiger partial charge in [0, 0.05) is 0 Å². The molecule has 148 valence electrons. The van der Waals surface area contributed by atoms with E-state index in [1.165, 1.54) is 55.7 Å². The van der Waals surface area contributed by atoms with Crippen molar-refractivity contribution >= 4 is 5.78 Å². The van der Waals surface area contributed by atoms with Gasteiger partial charge in [-0.05, 0) is 50.3 Å². The number of hydrogen-bond acceptors (Lipinski definition) is 2. The van der Waals surface area contributed by atoms with E-state index in [2.05, 4.69) is 73.6 Å². The first-order chi connectivity index (χ1) is 11.7. The molecule has 0 bridgehead atoms. The van der Waals surface area contributed by atoms with Crippen LogP contribution in [0.3, 0.4) is 0 Å². The normalized spacial score (nSPS) is 9.08. The number of carbonyl (C=O) groups excluding carboxylic acids is 1. The Hall–Kier alpha value is -1.15. The maximum absolute atomic E-state index is 9.69. The summed E-state index contributed by atoms with van der Waals surface area (Å²) in [6, 6.07) is 6.38. The van der Waals surface area contributed by atoms with Crippen molar-refractivity contribution in [2.24, 2.45) is 11.7 Å². The molecule has 0 aromatic heterocycles. The number of hydrogen-bond donors (Lipinski definition) is 1. The molecule has 0 aliphatic rings. The molecule has 1 aromatic carbocycles. The Morgan fingerprint density at radius 1 is 0.960 bits per heavy atom. The zero-order chi connectivity index (χ0) is 20.3. The second kappa shape index (κ2) is 20.9. The zero-order valence-electron chi connectivity index (χ0n) is 18.5. The Labute approximate surface area is 158 Å². The van der Waals surface area contributed by atoms with Gasteiger partial charge in [-0.2, -0.15) is 0 Å². The Morgan fingerprint density at radius 2 is 1.36 bits per heavy atom. The molecule has 2 heteroatoms. The van der Waals surface area contributed by atoms with Crippen molar-refractivity contribution in [3.05, 3.63) is 34.9 Å². The fourth-order valence-electron chi connectivity index (χ4n) is 1.51. The lowest BCUT2D eigenvalue weighted by Gasteiger charge is -2.00. The van der Waals surface area contributed by atoms with Crippen molar-refractivity contribution in [3.8, 4) is 0 Å². The van der Waals surface area contributed by atoms with Crippen LogP contribution in [0.5, 0.6) is 0 Å². The molecule has 0 heterocycles. The van der Waals surface area contributed by atoms with Gasteiger partial charge in [0.1, 0.15) is 5.78 Å². The summed E-state index contributed by atoms with van der Waals surface area (Å²) in [6.07, 6.45) is 6.78. The fraction of sp³-hybridized carbons (Fsp3) is 0.696. The van der Waals surface area contributed by atoms with Gasteiger partial charge in [0.15, 0.2) is 0 Å². The molecule has 0 aliphatic heterocycles. The smallest absolute Gasteiger partial charge is 0.143 e. The minimum absolute atomic E-state index is 0.0324. The molecular formula is C23H45NO. The maximum atomic E-state index is 9.69. The largest absolute Gasteiger partial charge is 0.324 e. The van der Waals surface area contributed by atoms with Crippen LogP contribution in [-0.4, -0.2) is 12.3 Å². The SMILES string of the molecule is CC(=O)CN.CCCC.CCCCC(C)C.Cc1cccc(C)c1C. The van der Waals surface area contributed by atoms with Gasteiger partial charge < -0.3 is 5.73 Å². The van der Waals surface area contributed by atoms with Crippen LogP contribution in [0.15, 0.2) is 18.2 Å². The average molecular weight is 352 g/mol. The van der Waals surface area contributed by atoms with E-state index in [-0.39, 0.29) is 12.3 Å². The first kappa shape index (κ1) is 28.6. The lowest BCUT2D eigenvalue weighted by Crippen LogP contribution is -2.07. The minimum Gasteiger partial charge on any atom is -0.324 e. The van der Waals surface area contributed by atoms with Crippen molar-refractivity contribution in [2.75, 3.05) is 6.54 Å². The topological polar surface area (TPSA) is 43.1 Å². The van der Waals surface area contributed by atoms with E-state index in [1.54, 1.807) is 0 Å². The number of nitrogens with two attached hydrogens (primary N) is 1. The third-order valence-electron chi connectivity index (χ3n) is 3.80. The third kappa shape index (κ3) is 25.2. The highest BCUT2D eigenvalue weighted by Gasteiger charge is 1.92. The van der Waals surface area contributed by atoms with Gasteiger partial charge in [0.2, 0.25) is 0 Å². The second-order valence-corrected chi connectivity index (χ2v) is 6.96. The van der Waals surface area contributed by atoms with Crippen LogP contribution < -0.4 is 5.73 Å². The summed E-state index contributed by atoms with van der Waals surface area (Å²) in [5.41, 5.74) is 9.00. The first-order valence-corrected chi connectivity index (χ1v) is 9.89. The average Bonchev–Trinajstić information content (AvgIpc) is 2.59. The zero-order valence-corrected chi connectivity index (χ0v) is 18.5. The molecule has 0 unspecified atom stereocenters. The number of carbonyl (C=O) groups is 1. The van der Waals surface area contributed by atoms with Crippen LogP contribution in [-0.2, 0) is 4.79 Å². The second-order valence-electron chi connectivity index (χ2n) is 6.96. The van der Waals surface area contributed by atoms with E-state index in [4.69, 9.17) is 5.73 Å². The summed E-state index contributed by atoms with van der Waals surface area (Å²) >= 11 is 0. The van der Waals surface area contributed by atoms with E-state index < -0.39 is 0 Å². The summed E-state index contributed by atoms with van der Waals surface area (Å²) in [6.45, 7) is 19.2. The van der Waals surface area contributed by atoms with Crippen LogP contribution in [0.25, 0.3) is 0 Å². The Kier molecular flexibility index (Phi) is 23.9. The Bertz CT molecular complexity index is 388. The molecule has 0 spiro atoms. The number of ketones is 1. The quantitative estimate of drug-likeness (QED) is 0.635. The van der Waals surface area contributed by atoms with Crippen LogP contribution in [0.2, 0.25) is 0 Å². The van der Waals surface area contributed by atoms with Crippen molar-refractivity contribution in [3.63, 3.8) is 0 Å². The monoisotopic (exact) mass is 351 g/mol. The molecule has 0 saturated heterocycles. The molecule has 0 atom stereocenters. The highest BCUT2D eigenvalue weighted by atomic mass is 16.1. The van der Waals surface area contributed by atoms with Gasteiger partial charge in [0.05, 0.1) is 6.54 Å². The van der Waals surface area contributed by atoms with Crippen LogP contribution in [0.1, 0.15) is 90.3 Å². The number of aryl methyl sites for hydroxylation is 2. The molecule has 1 rings (SSSR count). The highest BCUT2D eigenvalue weighted by molar-refractivity contribution is 5.77. The molecule has 1 aromatic rings. The van der Waals surface area contributed by atoms with Crippen LogP contribution in [0.4, 0.5) is 0 Å². The predicted molar refractivity (Wildman–Crippen MR) is 115 cm³/mol. The van der Waals surface area contributed by atoms with Crippen molar-refractivity contribution in [2.45, 2.75) is 94.4 Å². The standard InChI is InChI=1S/C9H12.C7H16.C4H10.C3H7NO/c1-7-5-4-6-8(2)9(7)3;1-4-5-6-7(2)3;1-3-4-2;1-3(5)2-4/h4-6H,1-3H3;7H,4-6H2,1-3H3;3-4H2,1-2H3;2,4H2,1H3. The van der Waals surface area contributed by atoms with E-state index in [0.717, 1.165) is 5.92 Å². The summed E-state index contributed by atoms with van der Waals surface area (Å²) in [4.78, 5) is 9.69. The highest BCUT2D eigenvalue weighted by Crippen LogP contribution is 2.10. The third-order valence-corrected chi connectivity index (χ3v) is 3.80. The van der Waals surface area contributed by atoms with Crippen molar-refractivity contribution in [1.82, 2.24) is 0 Å².